The van der Waals surface area contributed by atoms with Gasteiger partial charge in [-0.05, 0) is 51.5 Å². The number of nitrogens with one attached hydrogen (secondary N) is 1. The van der Waals surface area contributed by atoms with E-state index in [0.29, 0.717) is 6.54 Å². The lowest BCUT2D eigenvalue weighted by molar-refractivity contribution is -0.122. The Bertz CT molecular complexity index is 424. The molecule has 0 saturated carbocycles. The largest absolute Gasteiger partial charge is 0.355 e. The first-order chi connectivity index (χ1) is 8.81. The second-order valence-corrected chi connectivity index (χ2v) is 7.70. The van der Waals surface area contributed by atoms with Gasteiger partial charge in [0.05, 0.1) is 4.75 Å². The Labute approximate surface area is 140 Å². The van der Waals surface area contributed by atoms with Gasteiger partial charge in [0.2, 0.25) is 5.91 Å². The number of carbonyl (C=O) groups excluding carboxylic acids is 1. The fraction of sp³-hybridized carbons (Fsp3) is 0.500. The molecule has 0 heterocycles. The predicted molar refractivity (Wildman–Crippen MR) is 92.6 cm³/mol. The average Bonchev–Trinajstić information content (AvgIpc) is 2.31. The van der Waals surface area contributed by atoms with Crippen LogP contribution in [0.15, 0.2) is 33.6 Å². The summed E-state index contributed by atoms with van der Waals surface area (Å²) in [6.07, 6.45) is 0.796. The van der Waals surface area contributed by atoms with E-state index in [1.807, 2.05) is 45.0 Å². The molecule has 0 aliphatic carbocycles. The van der Waals surface area contributed by atoms with Gasteiger partial charge >= 0.3 is 0 Å². The first kappa shape index (κ1) is 19.8. The van der Waals surface area contributed by atoms with Gasteiger partial charge < -0.3 is 11.1 Å². The number of nitrogens with two attached hydrogens (primary N) is 1. The van der Waals surface area contributed by atoms with Gasteiger partial charge in [-0.25, -0.2) is 0 Å². The molecule has 3 N–H and O–H groups in total. The molecule has 1 amide bonds. The van der Waals surface area contributed by atoms with E-state index in [1.165, 1.54) is 0 Å². The van der Waals surface area contributed by atoms with Gasteiger partial charge in [-0.3, -0.25) is 4.79 Å². The highest BCUT2D eigenvalue weighted by atomic mass is 79.9. The molecule has 0 saturated heterocycles. The second kappa shape index (κ2) is 8.93. The third-order valence-electron chi connectivity index (χ3n) is 2.62. The highest BCUT2D eigenvalue weighted by Crippen LogP contribution is 2.33. The minimum Gasteiger partial charge on any atom is -0.355 e. The summed E-state index contributed by atoms with van der Waals surface area (Å²) >= 11 is 4.96. The summed E-state index contributed by atoms with van der Waals surface area (Å²) in [6.45, 7) is 6.43. The fourth-order valence-corrected chi connectivity index (χ4v) is 2.76. The van der Waals surface area contributed by atoms with Gasteiger partial charge in [-0.15, -0.1) is 24.2 Å². The normalized spacial score (nSPS) is 12.4. The Morgan fingerprint density at radius 2 is 1.95 bits per heavy atom. The molecule has 0 bridgehead atoms. The molecule has 0 aliphatic heterocycles. The van der Waals surface area contributed by atoms with E-state index < -0.39 is 4.75 Å². The molecule has 0 aromatic heterocycles. The zero-order chi connectivity index (χ0) is 14.5. The Kier molecular flexibility index (Phi) is 8.82. The van der Waals surface area contributed by atoms with Crippen molar-refractivity contribution in [2.75, 3.05) is 6.54 Å². The molecule has 0 spiro atoms. The molecule has 20 heavy (non-hydrogen) atoms. The van der Waals surface area contributed by atoms with E-state index in [2.05, 4.69) is 21.2 Å². The number of benzene rings is 1. The number of halogens is 2. The van der Waals surface area contributed by atoms with Crippen molar-refractivity contribution in [1.82, 2.24) is 5.32 Å². The van der Waals surface area contributed by atoms with Gasteiger partial charge in [0.1, 0.15) is 0 Å². The molecule has 0 fully saturated rings. The van der Waals surface area contributed by atoms with Gasteiger partial charge in [0.15, 0.2) is 0 Å². The van der Waals surface area contributed by atoms with Crippen LogP contribution in [0.2, 0.25) is 0 Å². The van der Waals surface area contributed by atoms with Crippen molar-refractivity contribution in [3.8, 4) is 0 Å². The Hall–Kier alpha value is -0.230. The quantitative estimate of drug-likeness (QED) is 0.740. The van der Waals surface area contributed by atoms with Crippen molar-refractivity contribution < 1.29 is 4.79 Å². The summed E-state index contributed by atoms with van der Waals surface area (Å²) in [5.74, 6) is 0.0427. The van der Waals surface area contributed by atoms with Crippen LogP contribution in [0.4, 0.5) is 0 Å². The number of rotatable bonds is 6. The number of hydrogen-bond acceptors (Lipinski definition) is 3. The number of amides is 1. The molecule has 1 rings (SSSR count). The Morgan fingerprint density at radius 3 is 2.45 bits per heavy atom. The third-order valence-corrected chi connectivity index (χ3v) is 4.35. The smallest absolute Gasteiger partial charge is 0.236 e. The summed E-state index contributed by atoms with van der Waals surface area (Å²) in [6, 6.07) is 8.08. The van der Waals surface area contributed by atoms with Crippen LogP contribution in [0.1, 0.15) is 27.2 Å². The Morgan fingerprint density at radius 1 is 1.40 bits per heavy atom. The van der Waals surface area contributed by atoms with Crippen molar-refractivity contribution in [2.24, 2.45) is 5.73 Å². The molecule has 114 valence electrons. The standard InChI is InChI=1S/C14H21BrN2OS.ClH/c1-10(16)8-9-17-13(18)14(2,3)19-12-6-4-11(15)5-7-12;/h4-7,10H,8-9,16H2,1-3H3,(H,17,18);1H. The van der Waals surface area contributed by atoms with E-state index in [0.717, 1.165) is 15.8 Å². The number of hydrogen-bond donors (Lipinski definition) is 2. The molecule has 1 aromatic carbocycles. The highest BCUT2D eigenvalue weighted by molar-refractivity contribution is 9.10. The highest BCUT2D eigenvalue weighted by Gasteiger charge is 2.28. The van der Waals surface area contributed by atoms with Gasteiger partial charge in [0, 0.05) is 22.0 Å². The van der Waals surface area contributed by atoms with Crippen LogP contribution in [-0.4, -0.2) is 23.2 Å². The Balaban J connectivity index is 0.00000361. The van der Waals surface area contributed by atoms with Crippen LogP contribution >= 0.6 is 40.1 Å². The lowest BCUT2D eigenvalue weighted by atomic mass is 10.2. The predicted octanol–water partition coefficient (Wildman–Crippen LogP) is 3.60. The fourth-order valence-electron chi connectivity index (χ4n) is 1.47. The third kappa shape index (κ3) is 6.97. The maximum atomic E-state index is 12.1. The summed E-state index contributed by atoms with van der Waals surface area (Å²) < 4.78 is 0.544. The summed E-state index contributed by atoms with van der Waals surface area (Å²) in [7, 11) is 0. The number of thioether (sulfide) groups is 1. The van der Waals surface area contributed by atoms with Crippen molar-refractivity contribution in [2.45, 2.75) is 42.9 Å². The molecule has 1 aromatic rings. The van der Waals surface area contributed by atoms with Crippen LogP contribution < -0.4 is 11.1 Å². The second-order valence-electron chi connectivity index (χ2n) is 5.09. The molecule has 1 unspecified atom stereocenters. The maximum absolute atomic E-state index is 12.1. The lowest BCUT2D eigenvalue weighted by Crippen LogP contribution is -2.41. The monoisotopic (exact) mass is 380 g/mol. The first-order valence-electron chi connectivity index (χ1n) is 6.30. The van der Waals surface area contributed by atoms with Gasteiger partial charge in [0.25, 0.3) is 0 Å². The molecular weight excluding hydrogens is 360 g/mol. The summed E-state index contributed by atoms with van der Waals surface area (Å²) in [4.78, 5) is 13.2. The van der Waals surface area contributed by atoms with E-state index in [9.17, 15) is 4.79 Å². The van der Waals surface area contributed by atoms with Gasteiger partial charge in [-0.2, -0.15) is 0 Å². The average molecular weight is 382 g/mol. The van der Waals surface area contributed by atoms with Gasteiger partial charge in [-0.1, -0.05) is 15.9 Å². The van der Waals surface area contributed by atoms with E-state index in [1.54, 1.807) is 11.8 Å². The van der Waals surface area contributed by atoms with Crippen LogP contribution in [0.5, 0.6) is 0 Å². The van der Waals surface area contributed by atoms with Crippen LogP contribution in [0.25, 0.3) is 0 Å². The number of carbonyl (C=O) groups is 1. The summed E-state index contributed by atoms with van der Waals surface area (Å²) in [5, 5.41) is 2.94. The van der Waals surface area contributed by atoms with E-state index >= 15 is 0 Å². The van der Waals surface area contributed by atoms with Crippen LogP contribution in [0, 0.1) is 0 Å². The zero-order valence-electron chi connectivity index (χ0n) is 12.0. The summed E-state index contributed by atoms with van der Waals surface area (Å²) in [5.41, 5.74) is 5.66. The molecule has 6 heteroatoms. The van der Waals surface area contributed by atoms with Crippen LogP contribution in [-0.2, 0) is 4.79 Å². The maximum Gasteiger partial charge on any atom is 0.236 e. The first-order valence-corrected chi connectivity index (χ1v) is 7.90. The molecule has 0 aliphatic rings. The van der Waals surface area contributed by atoms with Crippen molar-refractivity contribution in [3.63, 3.8) is 0 Å². The van der Waals surface area contributed by atoms with E-state index in [-0.39, 0.29) is 24.4 Å². The van der Waals surface area contributed by atoms with Crippen LogP contribution in [0.3, 0.4) is 0 Å². The lowest BCUT2D eigenvalue weighted by Gasteiger charge is -2.23. The molecule has 1 atom stereocenters. The zero-order valence-corrected chi connectivity index (χ0v) is 15.2. The van der Waals surface area contributed by atoms with E-state index in [4.69, 9.17) is 5.73 Å². The minimum absolute atomic E-state index is 0. The SMILES string of the molecule is CC(N)CCNC(=O)C(C)(C)Sc1ccc(Br)cc1.Cl. The van der Waals surface area contributed by atoms with Crippen molar-refractivity contribution in [1.29, 1.82) is 0 Å². The minimum atomic E-state index is -0.494. The topological polar surface area (TPSA) is 55.1 Å². The molecule has 3 nitrogen and oxygen atoms in total. The van der Waals surface area contributed by atoms with Crippen molar-refractivity contribution in [3.05, 3.63) is 28.7 Å². The molecule has 0 radical (unpaired) electrons. The van der Waals surface area contributed by atoms with Crippen molar-refractivity contribution >= 4 is 46.0 Å². The molecular formula is C14H22BrClN2OS.